The number of carbonyl (C=O) groups excluding carboxylic acids is 2. The zero-order valence-electron chi connectivity index (χ0n) is 21.2. The van der Waals surface area contributed by atoms with E-state index in [1.807, 2.05) is 24.3 Å². The summed E-state index contributed by atoms with van der Waals surface area (Å²) in [6, 6.07) is 8.09. The predicted molar refractivity (Wildman–Crippen MR) is 133 cm³/mol. The Balaban J connectivity index is 1.14. The number of nitrogens with zero attached hydrogens (tertiary/aromatic N) is 4. The van der Waals surface area contributed by atoms with Crippen molar-refractivity contribution in [2.45, 2.75) is 83.1 Å². The average Bonchev–Trinajstić information content (AvgIpc) is 3.33. The first-order valence-corrected chi connectivity index (χ1v) is 13.4. The third-order valence-electron chi connectivity index (χ3n) is 7.89. The lowest BCUT2D eigenvalue weighted by Gasteiger charge is -2.32. The van der Waals surface area contributed by atoms with E-state index >= 15 is 0 Å². The number of methoxy groups -OCH3 is 1. The Morgan fingerprint density at radius 1 is 1.00 bits per heavy atom. The Hall–Kier alpha value is -2.94. The molecule has 0 bridgehead atoms. The molecule has 1 atom stereocenters. The molecule has 9 nitrogen and oxygen atoms in total. The van der Waals surface area contributed by atoms with Crippen LogP contribution in [0.25, 0.3) is 0 Å². The predicted octanol–water partition coefficient (Wildman–Crippen LogP) is 3.64. The molecule has 3 aliphatic rings. The zero-order valence-corrected chi connectivity index (χ0v) is 21.2. The topological polar surface area (TPSA) is 98.6 Å². The fraction of sp³-hybridized carbons (Fsp3) is 0.630. The van der Waals surface area contributed by atoms with Crippen molar-refractivity contribution in [3.8, 4) is 5.75 Å². The number of amides is 2. The molecule has 1 unspecified atom stereocenters. The van der Waals surface area contributed by atoms with Gasteiger partial charge in [0.1, 0.15) is 11.9 Å². The van der Waals surface area contributed by atoms with Crippen molar-refractivity contribution >= 4 is 11.8 Å². The molecule has 2 fully saturated rings. The average molecular weight is 496 g/mol. The third kappa shape index (κ3) is 5.56. The molecule has 1 aliphatic carbocycles. The number of nitrogens with one attached hydrogen (secondary N) is 1. The van der Waals surface area contributed by atoms with Crippen LogP contribution < -0.4 is 10.1 Å². The van der Waals surface area contributed by atoms with Crippen molar-refractivity contribution in [2.75, 3.05) is 20.2 Å². The van der Waals surface area contributed by atoms with Crippen LogP contribution in [0.4, 0.5) is 0 Å². The second kappa shape index (κ2) is 11.4. The molecule has 194 valence electrons. The number of fused-ring (bicyclic) bond motifs is 1. The van der Waals surface area contributed by atoms with Crippen LogP contribution in [0, 0.1) is 5.92 Å². The number of hydrogen-bond donors (Lipinski definition) is 1. The minimum atomic E-state index is -0.153. The quantitative estimate of drug-likeness (QED) is 0.680. The van der Waals surface area contributed by atoms with Crippen LogP contribution in [-0.4, -0.2) is 57.9 Å². The molecule has 2 aromatic rings. The number of rotatable bonds is 5. The molecule has 1 saturated carbocycles. The van der Waals surface area contributed by atoms with Crippen LogP contribution in [0.5, 0.6) is 5.75 Å². The maximum absolute atomic E-state index is 13.3. The molecule has 5 rings (SSSR count). The van der Waals surface area contributed by atoms with Crippen molar-refractivity contribution < 1.29 is 19.1 Å². The normalized spacial score (nSPS) is 21.8. The number of likely N-dealkylation sites (tertiary alicyclic amines) is 1. The first-order valence-electron chi connectivity index (χ1n) is 13.4. The Bertz CT molecular complexity index is 1040. The first-order chi connectivity index (χ1) is 17.6. The molecule has 1 N–H and O–H groups in total. The second-order valence-electron chi connectivity index (χ2n) is 10.3. The summed E-state index contributed by atoms with van der Waals surface area (Å²) < 4.78 is 13.1. The maximum Gasteiger partial charge on any atom is 0.276 e. The monoisotopic (exact) mass is 495 g/mol. The number of carbonyl (C=O) groups is 2. The molecule has 36 heavy (non-hydrogen) atoms. The van der Waals surface area contributed by atoms with Crippen LogP contribution in [0.1, 0.15) is 85.6 Å². The van der Waals surface area contributed by atoms with Gasteiger partial charge < -0.3 is 19.7 Å². The number of aromatic nitrogens is 3. The molecule has 2 amide bonds. The summed E-state index contributed by atoms with van der Waals surface area (Å²) >= 11 is 0. The second-order valence-corrected chi connectivity index (χ2v) is 10.3. The van der Waals surface area contributed by atoms with E-state index in [9.17, 15) is 9.59 Å². The van der Waals surface area contributed by atoms with Crippen LogP contribution in [0.15, 0.2) is 24.3 Å². The molecule has 0 radical (unpaired) electrons. The number of benzene rings is 1. The lowest BCUT2D eigenvalue weighted by molar-refractivity contribution is -0.127. The summed E-state index contributed by atoms with van der Waals surface area (Å²) in [5.41, 5.74) is 2.11. The smallest absolute Gasteiger partial charge is 0.276 e. The Kier molecular flexibility index (Phi) is 7.84. The third-order valence-corrected chi connectivity index (χ3v) is 7.89. The van der Waals surface area contributed by atoms with Crippen molar-refractivity contribution in [2.24, 2.45) is 5.92 Å². The van der Waals surface area contributed by atoms with E-state index in [0.29, 0.717) is 49.9 Å². The standard InChI is InChI=1S/C27H37N5O4/c1-35-22-11-9-19(10-12-22)24-17-32-23(18-36-24)25(29-30-32)27(34)31-15-13-20(14-16-31)26(33)28-21-7-5-3-2-4-6-8-21/h9-12,20-21,24H,2-8,13-18H2,1H3,(H,28,33). The van der Waals surface area contributed by atoms with Gasteiger partial charge in [0, 0.05) is 25.0 Å². The van der Waals surface area contributed by atoms with E-state index in [4.69, 9.17) is 9.47 Å². The van der Waals surface area contributed by atoms with Gasteiger partial charge in [0.15, 0.2) is 5.69 Å². The highest BCUT2D eigenvalue weighted by atomic mass is 16.5. The Labute approximate surface area is 212 Å². The summed E-state index contributed by atoms with van der Waals surface area (Å²) in [4.78, 5) is 27.9. The van der Waals surface area contributed by atoms with Gasteiger partial charge in [0.2, 0.25) is 5.91 Å². The summed E-state index contributed by atoms with van der Waals surface area (Å²) in [5, 5.41) is 11.8. The molecule has 3 heterocycles. The van der Waals surface area contributed by atoms with Gasteiger partial charge >= 0.3 is 0 Å². The van der Waals surface area contributed by atoms with Crippen molar-refractivity contribution in [1.29, 1.82) is 0 Å². The lowest BCUT2D eigenvalue weighted by Crippen LogP contribution is -2.45. The van der Waals surface area contributed by atoms with Crippen LogP contribution in [-0.2, 0) is 22.7 Å². The van der Waals surface area contributed by atoms with Crippen molar-refractivity contribution in [3.05, 3.63) is 41.2 Å². The van der Waals surface area contributed by atoms with Gasteiger partial charge in [-0.3, -0.25) is 9.59 Å². The van der Waals surface area contributed by atoms with Crippen LogP contribution in [0.3, 0.4) is 0 Å². The molecule has 9 heteroatoms. The highest BCUT2D eigenvalue weighted by Gasteiger charge is 2.33. The van der Waals surface area contributed by atoms with Gasteiger partial charge in [-0.15, -0.1) is 5.10 Å². The van der Waals surface area contributed by atoms with E-state index in [2.05, 4.69) is 15.6 Å². The van der Waals surface area contributed by atoms with Crippen molar-refractivity contribution in [3.63, 3.8) is 0 Å². The first kappa shape index (κ1) is 24.7. The SMILES string of the molecule is COc1ccc(C2Cn3nnc(C(=O)N4CCC(C(=O)NC5CCCCCCC5)CC4)c3CO2)cc1. The summed E-state index contributed by atoms with van der Waals surface area (Å²) in [6.07, 6.45) is 9.65. The summed E-state index contributed by atoms with van der Waals surface area (Å²) in [5.74, 6) is 0.806. The fourth-order valence-electron chi connectivity index (χ4n) is 5.61. The van der Waals surface area contributed by atoms with E-state index in [1.165, 1.54) is 32.1 Å². The van der Waals surface area contributed by atoms with Crippen LogP contribution in [0.2, 0.25) is 0 Å². The van der Waals surface area contributed by atoms with Gasteiger partial charge in [-0.2, -0.15) is 0 Å². The lowest BCUT2D eigenvalue weighted by atomic mass is 9.93. The van der Waals surface area contributed by atoms with E-state index in [1.54, 1.807) is 16.7 Å². The van der Waals surface area contributed by atoms with Gasteiger partial charge in [-0.05, 0) is 43.4 Å². The van der Waals surface area contributed by atoms with Gasteiger partial charge in [-0.1, -0.05) is 49.5 Å². The minimum absolute atomic E-state index is 0.0258. The molecule has 1 aromatic heterocycles. The molecule has 0 spiro atoms. The minimum Gasteiger partial charge on any atom is -0.497 e. The number of ether oxygens (including phenoxy) is 2. The molecular formula is C27H37N5O4. The maximum atomic E-state index is 13.3. The highest BCUT2D eigenvalue weighted by molar-refractivity contribution is 5.93. The largest absolute Gasteiger partial charge is 0.497 e. The van der Waals surface area contributed by atoms with E-state index in [-0.39, 0.29) is 30.4 Å². The van der Waals surface area contributed by atoms with E-state index in [0.717, 1.165) is 24.2 Å². The highest BCUT2D eigenvalue weighted by Crippen LogP contribution is 2.29. The molecule has 1 saturated heterocycles. The zero-order chi connectivity index (χ0) is 24.9. The Morgan fingerprint density at radius 3 is 2.39 bits per heavy atom. The van der Waals surface area contributed by atoms with Gasteiger partial charge in [-0.25, -0.2) is 4.68 Å². The number of piperidine rings is 1. The number of hydrogen-bond acceptors (Lipinski definition) is 6. The van der Waals surface area contributed by atoms with Gasteiger partial charge in [0.05, 0.1) is 26.0 Å². The molecule has 1 aromatic carbocycles. The summed E-state index contributed by atoms with van der Waals surface area (Å²) in [6.45, 7) is 1.91. The van der Waals surface area contributed by atoms with Crippen molar-refractivity contribution in [1.82, 2.24) is 25.2 Å². The Morgan fingerprint density at radius 2 is 1.69 bits per heavy atom. The fourth-order valence-corrected chi connectivity index (χ4v) is 5.61. The van der Waals surface area contributed by atoms with Crippen LogP contribution >= 0.6 is 0 Å². The van der Waals surface area contributed by atoms with E-state index < -0.39 is 0 Å². The van der Waals surface area contributed by atoms with Gasteiger partial charge in [0.25, 0.3) is 5.91 Å². The molecular weight excluding hydrogens is 458 g/mol. The molecule has 2 aliphatic heterocycles. The summed E-state index contributed by atoms with van der Waals surface area (Å²) in [7, 11) is 1.64.